The average molecular weight is 372 g/mol. The molecule has 1 aliphatic rings. The maximum Gasteiger partial charge on any atom is 0.326 e. The van der Waals surface area contributed by atoms with Gasteiger partial charge in [-0.1, -0.05) is 35.0 Å². The molecule has 114 valence electrons. The molecule has 0 radical (unpaired) electrons. The first kappa shape index (κ1) is 16.4. The van der Waals surface area contributed by atoms with Gasteiger partial charge in [0.05, 0.1) is 0 Å². The average Bonchev–Trinajstić information content (AvgIpc) is 2.45. The van der Waals surface area contributed by atoms with E-state index < -0.39 is 12.0 Å². The molecule has 0 spiro atoms. The molecule has 0 aliphatic carbocycles. The van der Waals surface area contributed by atoms with E-state index in [1.807, 2.05) is 31.4 Å². The Morgan fingerprint density at radius 2 is 2.24 bits per heavy atom. The predicted octanol–water partition coefficient (Wildman–Crippen LogP) is 2.79. The molecule has 0 saturated carbocycles. The summed E-state index contributed by atoms with van der Waals surface area (Å²) in [5.74, 6) is -0.494. The summed E-state index contributed by atoms with van der Waals surface area (Å²) in [6.07, 6.45) is 2.30. The van der Waals surface area contributed by atoms with E-state index >= 15 is 0 Å². The van der Waals surface area contributed by atoms with Crippen LogP contribution >= 0.6 is 27.7 Å². The highest BCUT2D eigenvalue weighted by Crippen LogP contribution is 2.30. The Bertz CT molecular complexity index is 564. The largest absolute Gasteiger partial charge is 0.480 e. The van der Waals surface area contributed by atoms with Gasteiger partial charge in [-0.05, 0) is 23.4 Å². The lowest BCUT2D eigenvalue weighted by molar-refractivity contribution is -0.152. The molecular weight excluding hydrogens is 354 g/mol. The van der Waals surface area contributed by atoms with E-state index in [9.17, 15) is 14.7 Å². The fourth-order valence-electron chi connectivity index (χ4n) is 2.63. The lowest BCUT2D eigenvalue weighted by Crippen LogP contribution is -2.50. The lowest BCUT2D eigenvalue weighted by Gasteiger charge is -2.36. The molecule has 4 nitrogen and oxygen atoms in total. The van der Waals surface area contributed by atoms with Gasteiger partial charge in [-0.3, -0.25) is 4.79 Å². The van der Waals surface area contributed by atoms with Crippen LogP contribution in [0.15, 0.2) is 22.7 Å². The molecule has 0 aromatic heterocycles. The highest BCUT2D eigenvalue weighted by Gasteiger charge is 2.36. The summed E-state index contributed by atoms with van der Waals surface area (Å²) in [7, 11) is 0. The van der Waals surface area contributed by atoms with Crippen molar-refractivity contribution in [2.24, 2.45) is 5.92 Å². The van der Waals surface area contributed by atoms with Gasteiger partial charge in [-0.25, -0.2) is 4.79 Å². The van der Waals surface area contributed by atoms with Crippen molar-refractivity contribution in [1.82, 2.24) is 4.90 Å². The van der Waals surface area contributed by atoms with Gasteiger partial charge < -0.3 is 10.0 Å². The molecule has 1 aliphatic heterocycles. The van der Waals surface area contributed by atoms with Gasteiger partial charge in [0.25, 0.3) is 0 Å². The number of rotatable bonds is 4. The number of thioether (sulfide) groups is 1. The normalized spacial score (nSPS) is 19.0. The van der Waals surface area contributed by atoms with E-state index in [4.69, 9.17) is 0 Å². The number of nitrogens with zero attached hydrogens (tertiary/aromatic N) is 1. The van der Waals surface area contributed by atoms with Crippen LogP contribution in [0.4, 0.5) is 0 Å². The first-order valence-electron chi connectivity index (χ1n) is 6.74. The van der Waals surface area contributed by atoms with E-state index in [1.165, 1.54) is 4.90 Å². The van der Waals surface area contributed by atoms with Crippen LogP contribution < -0.4 is 0 Å². The van der Waals surface area contributed by atoms with Gasteiger partial charge in [0.15, 0.2) is 0 Å². The monoisotopic (exact) mass is 371 g/mol. The van der Waals surface area contributed by atoms with Gasteiger partial charge in [0.1, 0.15) is 6.04 Å². The van der Waals surface area contributed by atoms with Crippen LogP contribution in [-0.2, 0) is 22.6 Å². The minimum atomic E-state index is -0.943. The Morgan fingerprint density at radius 1 is 1.52 bits per heavy atom. The van der Waals surface area contributed by atoms with Crippen molar-refractivity contribution in [2.45, 2.75) is 25.9 Å². The van der Waals surface area contributed by atoms with E-state index in [-0.39, 0.29) is 11.8 Å². The molecule has 1 N–H and O–H groups in total. The Morgan fingerprint density at radius 3 is 2.86 bits per heavy atom. The van der Waals surface area contributed by atoms with Crippen molar-refractivity contribution in [3.63, 3.8) is 0 Å². The number of carboxylic acids is 1. The Balaban J connectivity index is 2.32. The predicted molar refractivity (Wildman–Crippen MR) is 87.4 cm³/mol. The fraction of sp³-hybridized carbons (Fsp3) is 0.467. The number of halogens is 1. The summed E-state index contributed by atoms with van der Waals surface area (Å²) in [6, 6.07) is 4.99. The van der Waals surface area contributed by atoms with Gasteiger partial charge in [0.2, 0.25) is 5.91 Å². The smallest absolute Gasteiger partial charge is 0.326 e. The summed E-state index contributed by atoms with van der Waals surface area (Å²) in [5.41, 5.74) is 2.01. The number of amides is 1. The summed E-state index contributed by atoms with van der Waals surface area (Å²) < 4.78 is 0.913. The SMILES string of the molecule is CSCC(C)C(=O)N1Cc2cccc(Br)c2CC1C(=O)O. The number of benzene rings is 1. The molecule has 1 amide bonds. The second-order valence-corrected chi connectivity index (χ2v) is 7.02. The van der Waals surface area contributed by atoms with Crippen LogP contribution in [0.3, 0.4) is 0 Å². The molecule has 2 rings (SSSR count). The van der Waals surface area contributed by atoms with Gasteiger partial charge in [-0.15, -0.1) is 0 Å². The van der Waals surface area contributed by atoms with Crippen LogP contribution in [-0.4, -0.2) is 39.9 Å². The number of carbonyl (C=O) groups is 2. The molecule has 2 unspecified atom stereocenters. The molecular formula is C15H18BrNO3S. The Hall–Kier alpha value is -1.01. The third kappa shape index (κ3) is 3.43. The number of carbonyl (C=O) groups excluding carboxylic acids is 1. The van der Waals surface area contributed by atoms with E-state index in [1.54, 1.807) is 11.8 Å². The summed E-state index contributed by atoms with van der Waals surface area (Å²) in [5, 5.41) is 9.47. The zero-order chi connectivity index (χ0) is 15.6. The highest BCUT2D eigenvalue weighted by atomic mass is 79.9. The zero-order valence-electron chi connectivity index (χ0n) is 12.0. The minimum absolute atomic E-state index is 0.0811. The fourth-order valence-corrected chi connectivity index (χ4v) is 3.85. The van der Waals surface area contributed by atoms with Gasteiger partial charge in [0, 0.05) is 29.1 Å². The molecule has 21 heavy (non-hydrogen) atoms. The van der Waals surface area contributed by atoms with Crippen LogP contribution in [0.2, 0.25) is 0 Å². The standard InChI is InChI=1S/C15H18BrNO3S/c1-9(8-21-2)14(18)17-7-10-4-3-5-12(16)11(10)6-13(17)15(19)20/h3-5,9,13H,6-8H2,1-2H3,(H,19,20). The van der Waals surface area contributed by atoms with Crippen LogP contribution in [0, 0.1) is 5.92 Å². The molecule has 1 heterocycles. The number of carboxylic acid groups (broad SMARTS) is 1. The first-order chi connectivity index (χ1) is 9.95. The quantitative estimate of drug-likeness (QED) is 0.883. The second-order valence-electron chi connectivity index (χ2n) is 5.26. The zero-order valence-corrected chi connectivity index (χ0v) is 14.4. The van der Waals surface area contributed by atoms with Gasteiger partial charge in [-0.2, -0.15) is 11.8 Å². The van der Waals surface area contributed by atoms with Gasteiger partial charge >= 0.3 is 5.97 Å². The molecule has 6 heteroatoms. The minimum Gasteiger partial charge on any atom is -0.480 e. The number of fused-ring (bicyclic) bond motifs is 1. The number of hydrogen-bond acceptors (Lipinski definition) is 3. The molecule has 1 aromatic rings. The number of aliphatic carboxylic acids is 1. The van der Waals surface area contributed by atoms with Crippen molar-refractivity contribution < 1.29 is 14.7 Å². The Kier molecular flexibility index (Phi) is 5.32. The van der Waals surface area contributed by atoms with E-state index in [0.717, 1.165) is 15.6 Å². The van der Waals surface area contributed by atoms with Crippen molar-refractivity contribution in [2.75, 3.05) is 12.0 Å². The van der Waals surface area contributed by atoms with E-state index in [2.05, 4.69) is 15.9 Å². The van der Waals surface area contributed by atoms with Crippen LogP contribution in [0.25, 0.3) is 0 Å². The molecule has 0 saturated heterocycles. The Labute approximate surface area is 137 Å². The lowest BCUT2D eigenvalue weighted by atomic mass is 9.93. The second kappa shape index (κ2) is 6.83. The van der Waals surface area contributed by atoms with Crippen LogP contribution in [0.5, 0.6) is 0 Å². The summed E-state index contributed by atoms with van der Waals surface area (Å²) in [6.45, 7) is 2.22. The number of hydrogen-bond donors (Lipinski definition) is 1. The molecule has 1 aromatic carbocycles. The summed E-state index contributed by atoms with van der Waals surface area (Å²) in [4.78, 5) is 25.6. The van der Waals surface area contributed by atoms with Crippen molar-refractivity contribution >= 4 is 39.6 Å². The maximum absolute atomic E-state index is 12.5. The van der Waals surface area contributed by atoms with Crippen molar-refractivity contribution in [1.29, 1.82) is 0 Å². The first-order valence-corrected chi connectivity index (χ1v) is 8.92. The van der Waals surface area contributed by atoms with Crippen molar-refractivity contribution in [3.05, 3.63) is 33.8 Å². The van der Waals surface area contributed by atoms with Crippen molar-refractivity contribution in [3.8, 4) is 0 Å². The topological polar surface area (TPSA) is 57.6 Å². The van der Waals surface area contributed by atoms with E-state index in [0.29, 0.717) is 18.7 Å². The highest BCUT2D eigenvalue weighted by molar-refractivity contribution is 9.10. The van der Waals surface area contributed by atoms with Crippen LogP contribution in [0.1, 0.15) is 18.1 Å². The maximum atomic E-state index is 12.5. The third-order valence-corrected chi connectivity index (χ3v) is 5.31. The summed E-state index contributed by atoms with van der Waals surface area (Å²) >= 11 is 5.07. The molecule has 2 atom stereocenters. The third-order valence-electron chi connectivity index (χ3n) is 3.74. The molecule has 0 fully saturated rings. The molecule has 0 bridgehead atoms.